The van der Waals surface area contributed by atoms with E-state index in [-0.39, 0.29) is 21.9 Å². The van der Waals surface area contributed by atoms with Crippen LogP contribution in [0.3, 0.4) is 0 Å². The number of aromatic nitrogens is 2. The molecule has 1 heterocycles. The van der Waals surface area contributed by atoms with Crippen LogP contribution in [-0.2, 0) is 13.5 Å². The summed E-state index contributed by atoms with van der Waals surface area (Å²) in [6.07, 6.45) is 2.80. The maximum absolute atomic E-state index is 11.2. The Balaban J connectivity index is 2.34. The Morgan fingerprint density at radius 3 is 2.61 bits per heavy atom. The highest BCUT2D eigenvalue weighted by atomic mass is 35.5. The number of halogens is 1. The van der Waals surface area contributed by atoms with Gasteiger partial charge in [-0.25, -0.2) is 0 Å². The highest BCUT2D eigenvalue weighted by molar-refractivity contribution is 6.21. The zero-order valence-corrected chi connectivity index (χ0v) is 11.6. The summed E-state index contributed by atoms with van der Waals surface area (Å²) < 4.78 is 1.62. The van der Waals surface area contributed by atoms with Gasteiger partial charge in [-0.15, -0.1) is 11.6 Å². The fourth-order valence-electron chi connectivity index (χ4n) is 2.20. The van der Waals surface area contributed by atoms with E-state index in [1.807, 2.05) is 13.8 Å². The van der Waals surface area contributed by atoms with E-state index in [1.54, 1.807) is 11.7 Å². The van der Waals surface area contributed by atoms with Crippen molar-refractivity contribution >= 4 is 17.3 Å². The second-order valence-electron chi connectivity index (χ2n) is 5.27. The number of nitro groups is 1. The van der Waals surface area contributed by atoms with Gasteiger partial charge >= 0.3 is 5.69 Å². The third-order valence-electron chi connectivity index (χ3n) is 3.42. The van der Waals surface area contributed by atoms with Gasteiger partial charge in [0.2, 0.25) is 0 Å². The van der Waals surface area contributed by atoms with E-state index in [0.29, 0.717) is 23.7 Å². The molecule has 1 aromatic heterocycles. The van der Waals surface area contributed by atoms with Crippen molar-refractivity contribution in [3.63, 3.8) is 0 Å². The molecule has 100 valence electrons. The van der Waals surface area contributed by atoms with Gasteiger partial charge in [0.15, 0.2) is 0 Å². The number of hydrogen-bond acceptors (Lipinski definition) is 3. The zero-order valence-electron chi connectivity index (χ0n) is 10.9. The SMILES string of the molecule is CC(C)c1nn(C)c(CC(Cl)C2CC2)c1[N+](=O)[O-]. The normalized spacial score (nSPS) is 17.2. The molecule has 0 bridgehead atoms. The van der Waals surface area contributed by atoms with Gasteiger partial charge in [-0.05, 0) is 18.8 Å². The summed E-state index contributed by atoms with van der Waals surface area (Å²) in [7, 11) is 1.75. The van der Waals surface area contributed by atoms with Crippen LogP contribution in [0.1, 0.15) is 44.0 Å². The molecule has 0 amide bonds. The van der Waals surface area contributed by atoms with Gasteiger partial charge in [0.1, 0.15) is 11.4 Å². The van der Waals surface area contributed by atoms with E-state index in [2.05, 4.69) is 5.10 Å². The molecule has 1 aromatic rings. The maximum Gasteiger partial charge on any atom is 0.313 e. The van der Waals surface area contributed by atoms with Crippen LogP contribution in [0, 0.1) is 16.0 Å². The van der Waals surface area contributed by atoms with E-state index in [0.717, 1.165) is 12.8 Å². The Morgan fingerprint density at radius 1 is 1.56 bits per heavy atom. The fourth-order valence-corrected chi connectivity index (χ4v) is 2.59. The Kier molecular flexibility index (Phi) is 3.61. The Morgan fingerprint density at radius 2 is 2.17 bits per heavy atom. The molecule has 1 fully saturated rings. The lowest BCUT2D eigenvalue weighted by Crippen LogP contribution is -2.11. The van der Waals surface area contributed by atoms with E-state index in [9.17, 15) is 10.1 Å². The fraction of sp³-hybridized carbons (Fsp3) is 0.750. The van der Waals surface area contributed by atoms with Gasteiger partial charge in [-0.1, -0.05) is 13.8 Å². The molecule has 0 saturated heterocycles. The van der Waals surface area contributed by atoms with Crippen LogP contribution in [0.25, 0.3) is 0 Å². The third-order valence-corrected chi connectivity index (χ3v) is 3.93. The molecule has 1 unspecified atom stereocenters. The summed E-state index contributed by atoms with van der Waals surface area (Å²) in [6, 6.07) is 0. The van der Waals surface area contributed by atoms with Gasteiger partial charge in [0.05, 0.1) is 4.92 Å². The Labute approximate surface area is 111 Å². The second kappa shape index (κ2) is 4.88. The van der Waals surface area contributed by atoms with Crippen LogP contribution in [0.15, 0.2) is 0 Å². The predicted octanol–water partition coefficient (Wildman–Crippen LogP) is 3.01. The molecule has 18 heavy (non-hydrogen) atoms. The predicted molar refractivity (Wildman–Crippen MR) is 70.0 cm³/mol. The second-order valence-corrected chi connectivity index (χ2v) is 5.83. The first-order chi connectivity index (χ1) is 8.41. The van der Waals surface area contributed by atoms with E-state index >= 15 is 0 Å². The number of alkyl halides is 1. The van der Waals surface area contributed by atoms with Gasteiger partial charge in [-0.2, -0.15) is 5.10 Å². The highest BCUT2D eigenvalue weighted by Crippen LogP contribution is 2.39. The summed E-state index contributed by atoms with van der Waals surface area (Å²) in [5.74, 6) is 0.559. The van der Waals surface area contributed by atoms with Crippen LogP contribution in [-0.4, -0.2) is 20.1 Å². The summed E-state index contributed by atoms with van der Waals surface area (Å²) in [6.45, 7) is 3.83. The molecule has 0 radical (unpaired) electrons. The topological polar surface area (TPSA) is 61.0 Å². The molecule has 0 N–H and O–H groups in total. The molecule has 6 heteroatoms. The first-order valence-corrected chi connectivity index (χ1v) is 6.69. The van der Waals surface area contributed by atoms with Gasteiger partial charge < -0.3 is 0 Å². The first-order valence-electron chi connectivity index (χ1n) is 6.26. The Bertz CT molecular complexity index is 466. The molecule has 2 rings (SSSR count). The van der Waals surface area contributed by atoms with Gasteiger partial charge in [-0.3, -0.25) is 14.8 Å². The molecule has 1 aliphatic rings. The lowest BCUT2D eigenvalue weighted by Gasteiger charge is -2.07. The molecule has 0 spiro atoms. The van der Waals surface area contributed by atoms with Crippen molar-refractivity contribution in [2.24, 2.45) is 13.0 Å². The van der Waals surface area contributed by atoms with Gasteiger partial charge in [0.25, 0.3) is 0 Å². The lowest BCUT2D eigenvalue weighted by atomic mass is 10.1. The van der Waals surface area contributed by atoms with Crippen LogP contribution < -0.4 is 0 Å². The van der Waals surface area contributed by atoms with Crippen LogP contribution in [0.2, 0.25) is 0 Å². The number of rotatable bonds is 5. The number of aryl methyl sites for hydroxylation is 1. The molecular weight excluding hydrogens is 254 g/mol. The van der Waals surface area contributed by atoms with Crippen LogP contribution in [0.4, 0.5) is 5.69 Å². The summed E-state index contributed by atoms with van der Waals surface area (Å²) in [5.41, 5.74) is 1.35. The first kappa shape index (κ1) is 13.3. The average Bonchev–Trinajstić information content (AvgIpc) is 3.05. The van der Waals surface area contributed by atoms with E-state index in [1.165, 1.54) is 0 Å². The minimum atomic E-state index is -0.325. The summed E-state index contributed by atoms with van der Waals surface area (Å²) in [5, 5.41) is 15.5. The Hall–Kier alpha value is -1.10. The van der Waals surface area contributed by atoms with Crippen molar-refractivity contribution in [3.05, 3.63) is 21.5 Å². The molecule has 1 atom stereocenters. The highest BCUT2D eigenvalue weighted by Gasteiger charge is 2.34. The minimum absolute atomic E-state index is 0.0147. The van der Waals surface area contributed by atoms with Crippen molar-refractivity contribution < 1.29 is 4.92 Å². The third kappa shape index (κ3) is 2.51. The van der Waals surface area contributed by atoms with Crippen molar-refractivity contribution in [2.75, 3.05) is 0 Å². The molecule has 1 aliphatic carbocycles. The quantitative estimate of drug-likeness (QED) is 0.470. The monoisotopic (exact) mass is 271 g/mol. The van der Waals surface area contributed by atoms with Crippen molar-refractivity contribution in [1.82, 2.24) is 9.78 Å². The summed E-state index contributed by atoms with van der Waals surface area (Å²) >= 11 is 6.29. The molecule has 5 nitrogen and oxygen atoms in total. The van der Waals surface area contributed by atoms with Crippen LogP contribution >= 0.6 is 11.6 Å². The zero-order chi connectivity index (χ0) is 13.4. The van der Waals surface area contributed by atoms with Crippen LogP contribution in [0.5, 0.6) is 0 Å². The average molecular weight is 272 g/mol. The van der Waals surface area contributed by atoms with Crippen molar-refractivity contribution in [1.29, 1.82) is 0 Å². The minimum Gasteiger partial charge on any atom is -0.265 e. The van der Waals surface area contributed by atoms with E-state index in [4.69, 9.17) is 11.6 Å². The molecule has 1 saturated carbocycles. The number of hydrogen-bond donors (Lipinski definition) is 0. The van der Waals surface area contributed by atoms with Crippen molar-refractivity contribution in [3.8, 4) is 0 Å². The largest absolute Gasteiger partial charge is 0.313 e. The van der Waals surface area contributed by atoms with Crippen molar-refractivity contribution in [2.45, 2.75) is 44.4 Å². The smallest absolute Gasteiger partial charge is 0.265 e. The summed E-state index contributed by atoms with van der Waals surface area (Å²) in [4.78, 5) is 10.9. The molecule has 0 aliphatic heterocycles. The standard InChI is InChI=1S/C12H18ClN3O2/c1-7(2)11-12(16(17)18)10(15(3)14-11)6-9(13)8-4-5-8/h7-9H,4-6H2,1-3H3. The maximum atomic E-state index is 11.2. The number of nitrogens with zero attached hydrogens (tertiary/aromatic N) is 3. The molecule has 0 aromatic carbocycles. The van der Waals surface area contributed by atoms with Gasteiger partial charge in [0, 0.05) is 24.8 Å². The molecular formula is C12H18ClN3O2. The van der Waals surface area contributed by atoms with E-state index < -0.39 is 0 Å². The lowest BCUT2D eigenvalue weighted by molar-refractivity contribution is -0.386.